The lowest BCUT2D eigenvalue weighted by atomic mass is 9.65. The molecule has 0 aliphatic heterocycles. The van der Waals surface area contributed by atoms with Crippen LogP contribution in [0.25, 0.3) is 0 Å². The fourth-order valence-electron chi connectivity index (χ4n) is 0.866. The smallest absolute Gasteiger partial charge is 0.126 e. The fraction of sp³-hybridized carbons (Fsp3) is 0.500. The number of hydrogen-bond donors (Lipinski definition) is 1. The van der Waals surface area contributed by atoms with E-state index in [0.717, 1.165) is 6.42 Å². The normalized spacial score (nSPS) is 13.4. The maximum absolute atomic E-state index is 5.32. The standard InChI is InChI=1S/C8H16BN/c1-3-5-8(9-2)6-4-7-10/h3-4,6,8-9H,1,5,7,10H2,2H3/b6-4-. The summed E-state index contributed by atoms with van der Waals surface area (Å²) in [6.07, 6.45) is 7.20. The highest BCUT2D eigenvalue weighted by Crippen LogP contribution is 2.10. The molecule has 0 radical (unpaired) electrons. The largest absolute Gasteiger partial charge is 0.327 e. The van der Waals surface area contributed by atoms with Crippen LogP contribution in [0, 0.1) is 0 Å². The Hall–Kier alpha value is -0.495. The topological polar surface area (TPSA) is 26.0 Å². The Bertz CT molecular complexity index is 110. The first kappa shape index (κ1) is 9.50. The van der Waals surface area contributed by atoms with Crippen LogP contribution < -0.4 is 5.73 Å². The van der Waals surface area contributed by atoms with Crippen molar-refractivity contribution in [1.29, 1.82) is 0 Å². The molecule has 0 aliphatic carbocycles. The van der Waals surface area contributed by atoms with Crippen molar-refractivity contribution < 1.29 is 0 Å². The lowest BCUT2D eigenvalue weighted by Crippen LogP contribution is -1.97. The van der Waals surface area contributed by atoms with Gasteiger partial charge < -0.3 is 5.73 Å². The predicted octanol–water partition coefficient (Wildman–Crippen LogP) is 1.35. The van der Waals surface area contributed by atoms with Gasteiger partial charge in [-0.2, -0.15) is 0 Å². The van der Waals surface area contributed by atoms with E-state index < -0.39 is 0 Å². The van der Waals surface area contributed by atoms with Crippen LogP contribution in [0.1, 0.15) is 6.42 Å². The average molecular weight is 137 g/mol. The molecule has 2 heteroatoms. The van der Waals surface area contributed by atoms with E-state index in [1.807, 2.05) is 12.2 Å². The molecule has 0 spiro atoms. The van der Waals surface area contributed by atoms with Crippen LogP contribution in [0.4, 0.5) is 0 Å². The SMILES string of the molecule is C=CCC(BC)/C=C\CN. The number of rotatable bonds is 5. The van der Waals surface area contributed by atoms with E-state index in [9.17, 15) is 0 Å². The summed E-state index contributed by atoms with van der Waals surface area (Å²) in [4.78, 5) is 0. The highest BCUT2D eigenvalue weighted by Gasteiger charge is 1.97. The molecule has 1 nitrogen and oxygen atoms in total. The Balaban J connectivity index is 3.58. The zero-order valence-electron chi connectivity index (χ0n) is 6.72. The van der Waals surface area contributed by atoms with E-state index in [-0.39, 0.29) is 0 Å². The minimum atomic E-state index is 0.640. The van der Waals surface area contributed by atoms with E-state index in [2.05, 4.69) is 19.5 Å². The summed E-state index contributed by atoms with van der Waals surface area (Å²) in [5.41, 5.74) is 5.32. The molecule has 0 aliphatic rings. The minimum Gasteiger partial charge on any atom is -0.327 e. The van der Waals surface area contributed by atoms with E-state index in [1.54, 1.807) is 0 Å². The van der Waals surface area contributed by atoms with Gasteiger partial charge in [0, 0.05) is 6.54 Å². The summed E-state index contributed by atoms with van der Waals surface area (Å²) in [6, 6.07) is 0. The van der Waals surface area contributed by atoms with Crippen molar-refractivity contribution >= 4 is 7.28 Å². The molecule has 0 rings (SSSR count). The second-order valence-corrected chi connectivity index (χ2v) is 2.36. The molecule has 0 saturated carbocycles. The van der Waals surface area contributed by atoms with Crippen molar-refractivity contribution in [3.63, 3.8) is 0 Å². The van der Waals surface area contributed by atoms with Crippen molar-refractivity contribution in [3.05, 3.63) is 24.8 Å². The summed E-state index contributed by atoms with van der Waals surface area (Å²) < 4.78 is 0. The third-order valence-electron chi connectivity index (χ3n) is 1.54. The van der Waals surface area contributed by atoms with Gasteiger partial charge in [0.1, 0.15) is 7.28 Å². The maximum Gasteiger partial charge on any atom is 0.126 e. The van der Waals surface area contributed by atoms with E-state index in [4.69, 9.17) is 5.73 Å². The molecule has 0 fully saturated rings. The molecule has 0 aromatic carbocycles. The fourth-order valence-corrected chi connectivity index (χ4v) is 0.866. The number of allylic oxidation sites excluding steroid dienone is 2. The van der Waals surface area contributed by atoms with Crippen molar-refractivity contribution in [1.82, 2.24) is 0 Å². The lowest BCUT2D eigenvalue weighted by Gasteiger charge is -2.02. The first-order valence-electron chi connectivity index (χ1n) is 3.82. The van der Waals surface area contributed by atoms with Crippen LogP contribution in [0.5, 0.6) is 0 Å². The Morgan fingerprint density at radius 2 is 2.40 bits per heavy atom. The van der Waals surface area contributed by atoms with Gasteiger partial charge in [-0.1, -0.05) is 25.1 Å². The molecule has 0 heterocycles. The molecule has 0 saturated heterocycles. The molecular weight excluding hydrogens is 121 g/mol. The van der Waals surface area contributed by atoms with Gasteiger partial charge in [-0.05, 0) is 12.2 Å². The van der Waals surface area contributed by atoms with Gasteiger partial charge in [0.25, 0.3) is 0 Å². The van der Waals surface area contributed by atoms with E-state index >= 15 is 0 Å². The Morgan fingerprint density at radius 3 is 2.80 bits per heavy atom. The third-order valence-corrected chi connectivity index (χ3v) is 1.54. The van der Waals surface area contributed by atoms with Crippen LogP contribution in [0.15, 0.2) is 24.8 Å². The average Bonchev–Trinajstić information content (AvgIpc) is 1.98. The molecule has 56 valence electrons. The Labute approximate surface area is 64.2 Å². The first-order chi connectivity index (χ1) is 4.85. The molecule has 1 unspecified atom stereocenters. The second kappa shape index (κ2) is 6.62. The minimum absolute atomic E-state index is 0.640. The van der Waals surface area contributed by atoms with Crippen molar-refractivity contribution in [2.75, 3.05) is 6.54 Å². The molecule has 1 atom stereocenters. The van der Waals surface area contributed by atoms with Crippen LogP contribution in [-0.2, 0) is 0 Å². The van der Waals surface area contributed by atoms with Crippen LogP contribution in [0.2, 0.25) is 12.6 Å². The van der Waals surface area contributed by atoms with Crippen LogP contribution in [-0.4, -0.2) is 13.8 Å². The Morgan fingerprint density at radius 1 is 1.70 bits per heavy atom. The zero-order valence-corrected chi connectivity index (χ0v) is 6.72. The van der Waals surface area contributed by atoms with E-state index in [0.29, 0.717) is 12.4 Å². The third kappa shape index (κ3) is 4.39. The van der Waals surface area contributed by atoms with Crippen molar-refractivity contribution in [2.45, 2.75) is 19.1 Å². The predicted molar refractivity (Wildman–Crippen MR) is 49.8 cm³/mol. The monoisotopic (exact) mass is 137 g/mol. The van der Waals surface area contributed by atoms with Crippen LogP contribution >= 0.6 is 0 Å². The van der Waals surface area contributed by atoms with Gasteiger partial charge in [-0.15, -0.1) is 6.58 Å². The molecule has 0 aromatic heterocycles. The van der Waals surface area contributed by atoms with Gasteiger partial charge in [0.15, 0.2) is 0 Å². The zero-order chi connectivity index (χ0) is 7.82. The summed E-state index contributed by atoms with van der Waals surface area (Å²) in [5.74, 6) is 0.640. The molecular formula is C8H16BN. The Kier molecular flexibility index (Phi) is 6.29. The van der Waals surface area contributed by atoms with Gasteiger partial charge in [0.05, 0.1) is 0 Å². The summed E-state index contributed by atoms with van der Waals surface area (Å²) in [5, 5.41) is 0. The lowest BCUT2D eigenvalue weighted by molar-refractivity contribution is 1.02. The number of nitrogens with two attached hydrogens (primary N) is 1. The van der Waals surface area contributed by atoms with Gasteiger partial charge in [0.2, 0.25) is 0 Å². The highest BCUT2D eigenvalue weighted by molar-refractivity contribution is 6.36. The van der Waals surface area contributed by atoms with Crippen molar-refractivity contribution in [3.8, 4) is 0 Å². The quantitative estimate of drug-likeness (QED) is 0.449. The summed E-state index contributed by atoms with van der Waals surface area (Å²) >= 11 is 0. The van der Waals surface area contributed by atoms with E-state index in [1.165, 1.54) is 7.28 Å². The first-order valence-corrected chi connectivity index (χ1v) is 3.82. The molecule has 2 N–H and O–H groups in total. The van der Waals surface area contributed by atoms with Gasteiger partial charge >= 0.3 is 0 Å². The van der Waals surface area contributed by atoms with Crippen LogP contribution in [0.3, 0.4) is 0 Å². The van der Waals surface area contributed by atoms with Gasteiger partial charge in [-0.25, -0.2) is 0 Å². The molecule has 0 aromatic rings. The second-order valence-electron chi connectivity index (χ2n) is 2.36. The summed E-state index contributed by atoms with van der Waals surface area (Å²) in [7, 11) is 1.17. The molecule has 0 amide bonds. The molecule has 10 heavy (non-hydrogen) atoms. The highest BCUT2D eigenvalue weighted by atomic mass is 14.5. The van der Waals surface area contributed by atoms with Gasteiger partial charge in [-0.3, -0.25) is 0 Å². The van der Waals surface area contributed by atoms with Crippen molar-refractivity contribution in [2.24, 2.45) is 5.73 Å². The summed E-state index contributed by atoms with van der Waals surface area (Å²) in [6.45, 7) is 6.51. The molecule has 0 bridgehead atoms. The number of hydrogen-bond acceptors (Lipinski definition) is 1. The maximum atomic E-state index is 5.32.